The van der Waals surface area contributed by atoms with Crippen molar-refractivity contribution in [2.24, 2.45) is 0 Å². The van der Waals surface area contributed by atoms with E-state index in [1.807, 2.05) is 19.1 Å². The van der Waals surface area contributed by atoms with E-state index in [4.69, 9.17) is 0 Å². The molecule has 0 bridgehead atoms. The standard InChI is InChI=1S/C17H18F2/c1-11-4-5-14(9-16(11)18)6-7-15-10-17(19)13(3)8-12(15)2/h4-5,8-10H,6-7H2,1-3H3. The maximum Gasteiger partial charge on any atom is 0.126 e. The van der Waals surface area contributed by atoms with Gasteiger partial charge >= 0.3 is 0 Å². The molecule has 0 heterocycles. The van der Waals surface area contributed by atoms with Gasteiger partial charge in [0, 0.05) is 0 Å². The molecule has 0 aliphatic carbocycles. The fraction of sp³-hybridized carbons (Fsp3) is 0.294. The van der Waals surface area contributed by atoms with Gasteiger partial charge in [0.15, 0.2) is 0 Å². The van der Waals surface area contributed by atoms with Crippen molar-refractivity contribution in [3.05, 3.63) is 69.8 Å². The highest BCUT2D eigenvalue weighted by Gasteiger charge is 2.06. The van der Waals surface area contributed by atoms with Crippen LogP contribution in [0.4, 0.5) is 8.78 Å². The van der Waals surface area contributed by atoms with Crippen molar-refractivity contribution in [2.45, 2.75) is 33.6 Å². The van der Waals surface area contributed by atoms with Crippen LogP contribution in [0.3, 0.4) is 0 Å². The first-order valence-corrected chi connectivity index (χ1v) is 6.48. The Labute approximate surface area is 113 Å². The van der Waals surface area contributed by atoms with Gasteiger partial charge in [0.05, 0.1) is 0 Å². The molecule has 19 heavy (non-hydrogen) atoms. The summed E-state index contributed by atoms with van der Waals surface area (Å²) in [7, 11) is 0. The molecule has 0 unspecified atom stereocenters. The molecule has 0 fully saturated rings. The Morgan fingerprint density at radius 3 is 2.11 bits per heavy atom. The molecule has 0 spiro atoms. The third-order valence-electron chi connectivity index (χ3n) is 3.54. The van der Waals surface area contributed by atoms with Gasteiger partial charge in [-0.3, -0.25) is 0 Å². The highest BCUT2D eigenvalue weighted by atomic mass is 19.1. The van der Waals surface area contributed by atoms with Crippen molar-refractivity contribution in [1.29, 1.82) is 0 Å². The monoisotopic (exact) mass is 260 g/mol. The lowest BCUT2D eigenvalue weighted by Gasteiger charge is -2.09. The molecule has 2 heteroatoms. The van der Waals surface area contributed by atoms with Gasteiger partial charge in [-0.15, -0.1) is 0 Å². The van der Waals surface area contributed by atoms with E-state index in [1.54, 1.807) is 32.0 Å². The van der Waals surface area contributed by atoms with E-state index in [0.717, 1.165) is 29.5 Å². The average Bonchev–Trinajstić information content (AvgIpc) is 2.36. The third-order valence-corrected chi connectivity index (χ3v) is 3.54. The summed E-state index contributed by atoms with van der Waals surface area (Å²) < 4.78 is 27.0. The van der Waals surface area contributed by atoms with E-state index in [2.05, 4.69) is 0 Å². The average molecular weight is 260 g/mol. The molecule has 0 amide bonds. The van der Waals surface area contributed by atoms with E-state index in [9.17, 15) is 8.78 Å². The van der Waals surface area contributed by atoms with E-state index in [0.29, 0.717) is 11.1 Å². The van der Waals surface area contributed by atoms with Crippen LogP contribution in [0.15, 0.2) is 30.3 Å². The van der Waals surface area contributed by atoms with Gasteiger partial charge in [-0.1, -0.05) is 18.2 Å². The van der Waals surface area contributed by atoms with Crippen LogP contribution < -0.4 is 0 Å². The molecule has 2 aromatic rings. The molecule has 0 radical (unpaired) electrons. The second kappa shape index (κ2) is 5.52. The molecule has 0 atom stereocenters. The predicted molar refractivity (Wildman–Crippen MR) is 74.4 cm³/mol. The number of rotatable bonds is 3. The molecule has 100 valence electrons. The Hall–Kier alpha value is -1.70. The second-order valence-corrected chi connectivity index (χ2v) is 5.11. The molecular formula is C17H18F2. The van der Waals surface area contributed by atoms with Gasteiger partial charge in [-0.05, 0) is 73.6 Å². The summed E-state index contributed by atoms with van der Waals surface area (Å²) in [5.41, 5.74) is 4.35. The zero-order valence-electron chi connectivity index (χ0n) is 11.6. The van der Waals surface area contributed by atoms with Crippen LogP contribution in [0.2, 0.25) is 0 Å². The van der Waals surface area contributed by atoms with Gasteiger partial charge in [0.1, 0.15) is 11.6 Å². The van der Waals surface area contributed by atoms with Gasteiger partial charge in [-0.2, -0.15) is 0 Å². The normalized spacial score (nSPS) is 10.8. The summed E-state index contributed by atoms with van der Waals surface area (Å²) in [4.78, 5) is 0. The molecule has 2 aromatic carbocycles. The highest BCUT2D eigenvalue weighted by molar-refractivity contribution is 5.33. The van der Waals surface area contributed by atoms with E-state index in [-0.39, 0.29) is 11.6 Å². The molecule has 0 N–H and O–H groups in total. The number of halogens is 2. The van der Waals surface area contributed by atoms with Crippen molar-refractivity contribution in [2.75, 3.05) is 0 Å². The predicted octanol–water partition coefficient (Wildman–Crippen LogP) is 4.68. The summed E-state index contributed by atoms with van der Waals surface area (Å²) >= 11 is 0. The third kappa shape index (κ3) is 3.19. The lowest BCUT2D eigenvalue weighted by molar-refractivity contribution is 0.613. The van der Waals surface area contributed by atoms with Crippen LogP contribution >= 0.6 is 0 Å². The van der Waals surface area contributed by atoms with Crippen LogP contribution in [0.1, 0.15) is 27.8 Å². The van der Waals surface area contributed by atoms with Gasteiger partial charge < -0.3 is 0 Å². The number of hydrogen-bond acceptors (Lipinski definition) is 0. The molecule has 0 saturated heterocycles. The van der Waals surface area contributed by atoms with Crippen molar-refractivity contribution >= 4 is 0 Å². The SMILES string of the molecule is Cc1ccc(CCc2cc(F)c(C)cc2C)cc1F. The minimum Gasteiger partial charge on any atom is -0.207 e. The van der Waals surface area contributed by atoms with Crippen molar-refractivity contribution in [3.63, 3.8) is 0 Å². The molecule has 0 saturated carbocycles. The quantitative estimate of drug-likeness (QED) is 0.752. The number of benzene rings is 2. The first kappa shape index (κ1) is 13.7. The molecule has 0 aromatic heterocycles. The first-order chi connectivity index (χ1) is 8.97. The van der Waals surface area contributed by atoms with Gasteiger partial charge in [0.2, 0.25) is 0 Å². The Bertz CT molecular complexity index is 600. The minimum absolute atomic E-state index is 0.171. The highest BCUT2D eigenvalue weighted by Crippen LogP contribution is 2.18. The summed E-state index contributed by atoms with van der Waals surface area (Å²) in [6.45, 7) is 5.50. The molecule has 0 nitrogen and oxygen atoms in total. The molecular weight excluding hydrogens is 242 g/mol. The maximum absolute atomic E-state index is 13.5. The summed E-state index contributed by atoms with van der Waals surface area (Å²) in [6, 6.07) is 8.73. The van der Waals surface area contributed by atoms with Crippen molar-refractivity contribution in [3.8, 4) is 0 Å². The van der Waals surface area contributed by atoms with E-state index >= 15 is 0 Å². The lowest BCUT2D eigenvalue weighted by atomic mass is 9.98. The zero-order valence-corrected chi connectivity index (χ0v) is 11.6. The zero-order chi connectivity index (χ0) is 14.0. The van der Waals surface area contributed by atoms with Crippen LogP contribution in [0, 0.1) is 32.4 Å². The molecule has 0 aliphatic rings. The number of aryl methyl sites for hydroxylation is 5. The van der Waals surface area contributed by atoms with E-state index < -0.39 is 0 Å². The Morgan fingerprint density at radius 1 is 0.737 bits per heavy atom. The largest absolute Gasteiger partial charge is 0.207 e. The Kier molecular flexibility index (Phi) is 3.98. The fourth-order valence-electron chi connectivity index (χ4n) is 2.21. The van der Waals surface area contributed by atoms with Crippen molar-refractivity contribution in [1.82, 2.24) is 0 Å². The Balaban J connectivity index is 2.14. The van der Waals surface area contributed by atoms with Gasteiger partial charge in [-0.25, -0.2) is 8.78 Å². The number of hydrogen-bond donors (Lipinski definition) is 0. The Morgan fingerprint density at radius 2 is 1.42 bits per heavy atom. The molecule has 0 aliphatic heterocycles. The van der Waals surface area contributed by atoms with Crippen LogP contribution in [0.5, 0.6) is 0 Å². The molecule has 2 rings (SSSR count). The van der Waals surface area contributed by atoms with Crippen LogP contribution in [0.25, 0.3) is 0 Å². The lowest BCUT2D eigenvalue weighted by Crippen LogP contribution is -1.98. The smallest absolute Gasteiger partial charge is 0.126 e. The summed E-state index contributed by atoms with van der Waals surface area (Å²) in [5, 5.41) is 0. The van der Waals surface area contributed by atoms with Crippen LogP contribution in [-0.2, 0) is 12.8 Å². The van der Waals surface area contributed by atoms with Gasteiger partial charge in [0.25, 0.3) is 0 Å². The topological polar surface area (TPSA) is 0 Å². The minimum atomic E-state index is -0.177. The maximum atomic E-state index is 13.5. The summed E-state index contributed by atoms with van der Waals surface area (Å²) in [5.74, 6) is -0.347. The fourth-order valence-corrected chi connectivity index (χ4v) is 2.21. The van der Waals surface area contributed by atoms with E-state index in [1.165, 1.54) is 0 Å². The van der Waals surface area contributed by atoms with Crippen molar-refractivity contribution < 1.29 is 8.78 Å². The first-order valence-electron chi connectivity index (χ1n) is 6.48. The van der Waals surface area contributed by atoms with Crippen LogP contribution in [-0.4, -0.2) is 0 Å². The summed E-state index contributed by atoms with van der Waals surface area (Å²) in [6.07, 6.45) is 1.45. The second-order valence-electron chi connectivity index (χ2n) is 5.11.